The molecule has 5 heteroatoms. The van der Waals surface area contributed by atoms with Gasteiger partial charge in [0.15, 0.2) is 0 Å². The van der Waals surface area contributed by atoms with Crippen molar-refractivity contribution in [2.45, 2.75) is 6.92 Å². The third-order valence-corrected chi connectivity index (χ3v) is 5.71. The quantitative estimate of drug-likeness (QED) is 0.668. The van der Waals surface area contributed by atoms with E-state index in [2.05, 4.69) is 6.07 Å². The fraction of sp³-hybridized carbons (Fsp3) is 0.0625. The summed E-state index contributed by atoms with van der Waals surface area (Å²) in [4.78, 5) is 2.65. The van der Waals surface area contributed by atoms with Crippen LogP contribution in [0.2, 0.25) is 5.02 Å². The average molecular weight is 331 g/mol. The molecule has 0 fully saturated rings. The fourth-order valence-corrected chi connectivity index (χ4v) is 4.18. The Morgan fingerprint density at radius 3 is 2.71 bits per heavy atom. The van der Waals surface area contributed by atoms with E-state index in [1.54, 1.807) is 11.3 Å². The van der Waals surface area contributed by atoms with Crippen LogP contribution in [0.25, 0.3) is 20.9 Å². The summed E-state index contributed by atoms with van der Waals surface area (Å²) in [6.45, 7) is 1.97. The van der Waals surface area contributed by atoms with Gasteiger partial charge in [0.1, 0.15) is 10.9 Å². The van der Waals surface area contributed by atoms with E-state index in [4.69, 9.17) is 17.3 Å². The van der Waals surface area contributed by atoms with Gasteiger partial charge in [0.2, 0.25) is 0 Å². The number of hydrogen-bond donors (Lipinski definition) is 1. The lowest BCUT2D eigenvalue weighted by Gasteiger charge is -2.05. The predicted octanol–water partition coefficient (Wildman–Crippen LogP) is 5.56. The predicted molar refractivity (Wildman–Crippen MR) is 91.9 cm³/mol. The zero-order valence-electron chi connectivity index (χ0n) is 11.2. The number of nitrogens with zero attached hydrogens (tertiary/aromatic N) is 1. The minimum absolute atomic E-state index is 0.556. The van der Waals surface area contributed by atoms with Crippen LogP contribution >= 0.6 is 34.3 Å². The number of aryl methyl sites for hydroxylation is 1. The number of nitriles is 1. The Kier molecular flexibility index (Phi) is 3.73. The summed E-state index contributed by atoms with van der Waals surface area (Å²) < 4.78 is 0. The van der Waals surface area contributed by atoms with Crippen molar-refractivity contribution in [1.82, 2.24) is 0 Å². The van der Waals surface area contributed by atoms with Crippen molar-refractivity contribution in [3.63, 3.8) is 0 Å². The second-order valence-corrected chi connectivity index (χ2v) is 6.98. The molecular formula is C16H11ClN2S2. The third kappa shape index (κ3) is 2.44. The largest absolute Gasteiger partial charge is 0.396 e. The van der Waals surface area contributed by atoms with Crippen molar-refractivity contribution in [2.24, 2.45) is 0 Å². The first kappa shape index (κ1) is 14.2. The van der Waals surface area contributed by atoms with Crippen molar-refractivity contribution in [3.05, 3.63) is 51.2 Å². The maximum Gasteiger partial charge on any atom is 0.129 e. The van der Waals surface area contributed by atoms with E-state index in [9.17, 15) is 5.26 Å². The van der Waals surface area contributed by atoms with Crippen LogP contribution < -0.4 is 5.73 Å². The van der Waals surface area contributed by atoms with Gasteiger partial charge >= 0.3 is 0 Å². The summed E-state index contributed by atoms with van der Waals surface area (Å²) in [6, 6.07) is 12.1. The number of anilines is 1. The van der Waals surface area contributed by atoms with E-state index < -0.39 is 0 Å². The number of hydrogen-bond acceptors (Lipinski definition) is 4. The highest BCUT2D eigenvalue weighted by molar-refractivity contribution is 7.18. The molecule has 0 radical (unpaired) electrons. The molecule has 0 aliphatic carbocycles. The van der Waals surface area contributed by atoms with Crippen molar-refractivity contribution in [3.8, 4) is 27.0 Å². The van der Waals surface area contributed by atoms with Gasteiger partial charge in [-0.1, -0.05) is 23.7 Å². The molecule has 0 saturated heterocycles. The minimum Gasteiger partial charge on any atom is -0.396 e. The molecule has 3 aromatic rings. The number of rotatable bonds is 2. The topological polar surface area (TPSA) is 49.8 Å². The highest BCUT2D eigenvalue weighted by atomic mass is 35.5. The maximum absolute atomic E-state index is 9.26. The van der Waals surface area contributed by atoms with Gasteiger partial charge in [-0.25, -0.2) is 0 Å². The molecule has 3 rings (SSSR count). The maximum atomic E-state index is 9.26. The summed E-state index contributed by atoms with van der Waals surface area (Å²) in [5.41, 5.74) is 9.75. The van der Waals surface area contributed by atoms with Crippen LogP contribution in [0.3, 0.4) is 0 Å². The normalized spacial score (nSPS) is 10.5. The Balaban J connectivity index is 2.27. The van der Waals surface area contributed by atoms with E-state index in [1.165, 1.54) is 11.3 Å². The fourth-order valence-electron chi connectivity index (χ4n) is 2.18. The molecule has 1 aromatic carbocycles. The molecule has 0 aliphatic rings. The van der Waals surface area contributed by atoms with Crippen molar-refractivity contribution >= 4 is 40.0 Å². The lowest BCUT2D eigenvalue weighted by atomic mass is 10.0. The van der Waals surface area contributed by atoms with Crippen LogP contribution in [-0.4, -0.2) is 0 Å². The SMILES string of the molecule is Cc1cc(-c2sc(C#N)c(N)c2-c2cccs2)ccc1Cl. The third-order valence-electron chi connectivity index (χ3n) is 3.23. The molecule has 2 nitrogen and oxygen atoms in total. The second-order valence-electron chi connectivity index (χ2n) is 4.60. The summed E-state index contributed by atoms with van der Waals surface area (Å²) in [5, 5.41) is 12.0. The van der Waals surface area contributed by atoms with Gasteiger partial charge < -0.3 is 5.73 Å². The average Bonchev–Trinajstić information content (AvgIpc) is 3.09. The van der Waals surface area contributed by atoms with E-state index >= 15 is 0 Å². The van der Waals surface area contributed by atoms with E-state index in [0.717, 1.165) is 31.5 Å². The van der Waals surface area contributed by atoms with Gasteiger partial charge in [-0.15, -0.1) is 22.7 Å². The number of benzene rings is 1. The van der Waals surface area contributed by atoms with Crippen molar-refractivity contribution in [1.29, 1.82) is 5.26 Å². The standard InChI is InChI=1S/C16H11ClN2S2/c1-9-7-10(4-5-11(9)17)16-14(12-3-2-6-20-12)15(19)13(8-18)21-16/h2-7H,19H2,1H3. The molecule has 21 heavy (non-hydrogen) atoms. The molecule has 0 atom stereocenters. The Bertz CT molecular complexity index is 842. The van der Waals surface area contributed by atoms with Gasteiger partial charge in [-0.3, -0.25) is 0 Å². The summed E-state index contributed by atoms with van der Waals surface area (Å²) in [6.07, 6.45) is 0. The molecule has 0 spiro atoms. The monoisotopic (exact) mass is 330 g/mol. The van der Waals surface area contributed by atoms with Gasteiger partial charge in [-0.2, -0.15) is 5.26 Å². The first-order valence-corrected chi connectivity index (χ1v) is 8.32. The van der Waals surface area contributed by atoms with Gasteiger partial charge in [0.25, 0.3) is 0 Å². The molecule has 0 unspecified atom stereocenters. The van der Waals surface area contributed by atoms with E-state index in [0.29, 0.717) is 10.6 Å². The zero-order valence-corrected chi connectivity index (χ0v) is 13.6. The summed E-state index contributed by atoms with van der Waals surface area (Å²) in [5.74, 6) is 0. The summed E-state index contributed by atoms with van der Waals surface area (Å²) >= 11 is 9.15. The highest BCUT2D eigenvalue weighted by Gasteiger charge is 2.19. The Morgan fingerprint density at radius 1 is 1.29 bits per heavy atom. The van der Waals surface area contributed by atoms with E-state index in [1.807, 2.05) is 42.6 Å². The molecule has 2 heterocycles. The lowest BCUT2D eigenvalue weighted by Crippen LogP contribution is -1.88. The van der Waals surface area contributed by atoms with Crippen LogP contribution in [-0.2, 0) is 0 Å². The van der Waals surface area contributed by atoms with Crippen LogP contribution in [0.4, 0.5) is 5.69 Å². The number of halogens is 1. The Hall–Kier alpha value is -1.80. The molecule has 104 valence electrons. The van der Waals surface area contributed by atoms with Crippen LogP contribution in [0.5, 0.6) is 0 Å². The van der Waals surface area contributed by atoms with Crippen molar-refractivity contribution < 1.29 is 0 Å². The van der Waals surface area contributed by atoms with Gasteiger partial charge in [0.05, 0.1) is 5.69 Å². The van der Waals surface area contributed by atoms with Gasteiger partial charge in [-0.05, 0) is 41.6 Å². The number of thiophene rings is 2. The molecule has 2 N–H and O–H groups in total. The Morgan fingerprint density at radius 2 is 2.10 bits per heavy atom. The van der Waals surface area contributed by atoms with E-state index in [-0.39, 0.29) is 0 Å². The second kappa shape index (κ2) is 5.53. The first-order chi connectivity index (χ1) is 10.1. The lowest BCUT2D eigenvalue weighted by molar-refractivity contribution is 1.48. The number of nitrogens with two attached hydrogens (primary N) is 1. The molecule has 0 bridgehead atoms. The summed E-state index contributed by atoms with van der Waals surface area (Å²) in [7, 11) is 0. The zero-order chi connectivity index (χ0) is 15.0. The smallest absolute Gasteiger partial charge is 0.129 e. The molecule has 0 amide bonds. The molecule has 2 aromatic heterocycles. The highest BCUT2D eigenvalue weighted by Crippen LogP contribution is 2.46. The minimum atomic E-state index is 0.556. The molecule has 0 aliphatic heterocycles. The van der Waals surface area contributed by atoms with Gasteiger partial charge in [0, 0.05) is 20.3 Å². The number of nitrogen functional groups attached to an aromatic ring is 1. The van der Waals surface area contributed by atoms with Crippen LogP contribution in [0, 0.1) is 18.3 Å². The molecule has 0 saturated carbocycles. The van der Waals surface area contributed by atoms with Crippen LogP contribution in [0.15, 0.2) is 35.7 Å². The van der Waals surface area contributed by atoms with Crippen molar-refractivity contribution in [2.75, 3.05) is 5.73 Å². The molecular weight excluding hydrogens is 320 g/mol. The Labute approximate surface area is 136 Å². The first-order valence-electron chi connectivity index (χ1n) is 6.24. The van der Waals surface area contributed by atoms with Crippen LogP contribution in [0.1, 0.15) is 10.4 Å².